The van der Waals surface area contributed by atoms with E-state index in [0.29, 0.717) is 11.6 Å². The molecule has 34 heavy (non-hydrogen) atoms. The standard InChI is InChI=1S/C26H37N7O/c1-5-8-9-10-24(32-25(34)22(28)7-3)21-12-11-19(15-18(21)6-2)23-13-14-30-26(33-23)31-20(16-27)17-29-4/h7,11-17,24H,5-6,8-10,27-28H2,1-4H3,(H,32,34)(H,30,31,33)/b20-16?,22-7-,29-17?/t24-/m1/s1. The van der Waals surface area contributed by atoms with Crippen molar-refractivity contribution in [2.45, 2.75) is 58.9 Å². The lowest BCUT2D eigenvalue weighted by molar-refractivity contribution is -0.118. The van der Waals surface area contributed by atoms with Crippen LogP contribution in [0.5, 0.6) is 0 Å². The zero-order valence-corrected chi connectivity index (χ0v) is 20.6. The topological polar surface area (TPSA) is 131 Å². The first kappa shape index (κ1) is 26.6. The Bertz CT molecular complexity index is 1040. The summed E-state index contributed by atoms with van der Waals surface area (Å²) in [5.41, 5.74) is 16.4. The van der Waals surface area contributed by atoms with Crippen molar-refractivity contribution in [3.05, 3.63) is 65.3 Å². The molecule has 0 spiro atoms. The third-order valence-corrected chi connectivity index (χ3v) is 5.53. The molecule has 1 amide bonds. The summed E-state index contributed by atoms with van der Waals surface area (Å²) < 4.78 is 0. The van der Waals surface area contributed by atoms with E-state index in [2.05, 4.69) is 51.6 Å². The van der Waals surface area contributed by atoms with Crippen LogP contribution >= 0.6 is 0 Å². The summed E-state index contributed by atoms with van der Waals surface area (Å²) in [6.07, 6.45) is 11.3. The zero-order chi connectivity index (χ0) is 24.9. The van der Waals surface area contributed by atoms with Crippen molar-refractivity contribution in [1.82, 2.24) is 15.3 Å². The average molecular weight is 464 g/mol. The highest BCUT2D eigenvalue weighted by Crippen LogP contribution is 2.29. The van der Waals surface area contributed by atoms with Crippen LogP contribution in [0, 0.1) is 0 Å². The molecule has 1 aromatic carbocycles. The fraction of sp³-hybridized carbons (Fsp3) is 0.385. The van der Waals surface area contributed by atoms with Crippen LogP contribution in [0.4, 0.5) is 5.95 Å². The predicted octanol–water partition coefficient (Wildman–Crippen LogP) is 4.22. The number of hydrogen-bond donors (Lipinski definition) is 4. The fourth-order valence-corrected chi connectivity index (χ4v) is 3.65. The number of nitrogens with one attached hydrogen (secondary N) is 2. The second-order valence-electron chi connectivity index (χ2n) is 7.93. The first-order valence-electron chi connectivity index (χ1n) is 11.8. The number of benzene rings is 1. The van der Waals surface area contributed by atoms with Gasteiger partial charge in [0.05, 0.1) is 23.1 Å². The Kier molecular flexibility index (Phi) is 10.8. The molecule has 0 saturated carbocycles. The van der Waals surface area contributed by atoms with E-state index in [9.17, 15) is 4.79 Å². The smallest absolute Gasteiger partial charge is 0.267 e. The van der Waals surface area contributed by atoms with E-state index in [4.69, 9.17) is 11.5 Å². The number of aromatic nitrogens is 2. The van der Waals surface area contributed by atoms with Crippen LogP contribution in [0.2, 0.25) is 0 Å². The summed E-state index contributed by atoms with van der Waals surface area (Å²) in [6, 6.07) is 8.02. The maximum absolute atomic E-state index is 12.5. The molecule has 2 rings (SSSR count). The molecule has 8 heteroatoms. The monoisotopic (exact) mass is 463 g/mol. The minimum atomic E-state index is -0.235. The van der Waals surface area contributed by atoms with E-state index >= 15 is 0 Å². The summed E-state index contributed by atoms with van der Waals surface area (Å²) in [4.78, 5) is 25.4. The van der Waals surface area contributed by atoms with Crippen molar-refractivity contribution in [3.63, 3.8) is 0 Å². The van der Waals surface area contributed by atoms with E-state index in [0.717, 1.165) is 54.5 Å². The molecular weight excluding hydrogens is 426 g/mol. The molecule has 0 aliphatic carbocycles. The lowest BCUT2D eigenvalue weighted by Gasteiger charge is -2.23. The Morgan fingerprint density at radius 2 is 2.03 bits per heavy atom. The molecule has 6 N–H and O–H groups in total. The number of allylic oxidation sites excluding steroid dienone is 2. The number of carbonyl (C=O) groups excluding carboxylic acids is 1. The molecule has 0 fully saturated rings. The van der Waals surface area contributed by atoms with Gasteiger partial charge in [0.1, 0.15) is 0 Å². The number of aryl methyl sites for hydroxylation is 1. The fourth-order valence-electron chi connectivity index (χ4n) is 3.65. The minimum Gasteiger partial charge on any atom is -0.403 e. The van der Waals surface area contributed by atoms with E-state index in [1.807, 2.05) is 12.1 Å². The molecule has 0 aliphatic heterocycles. The molecular formula is C26H37N7O. The Hall–Kier alpha value is -3.68. The van der Waals surface area contributed by atoms with Gasteiger partial charge in [0, 0.05) is 31.2 Å². The number of nitrogens with two attached hydrogens (primary N) is 2. The van der Waals surface area contributed by atoms with Gasteiger partial charge in [-0.15, -0.1) is 0 Å². The van der Waals surface area contributed by atoms with Crippen LogP contribution < -0.4 is 22.1 Å². The van der Waals surface area contributed by atoms with Crippen LogP contribution in [0.3, 0.4) is 0 Å². The first-order valence-corrected chi connectivity index (χ1v) is 11.8. The third kappa shape index (κ3) is 7.43. The second kappa shape index (κ2) is 13.8. The molecule has 0 bridgehead atoms. The predicted molar refractivity (Wildman–Crippen MR) is 140 cm³/mol. The number of aliphatic imine (C=N–C) groups is 1. The van der Waals surface area contributed by atoms with Gasteiger partial charge in [0.15, 0.2) is 0 Å². The Labute approximate surface area is 202 Å². The van der Waals surface area contributed by atoms with E-state index in [-0.39, 0.29) is 17.6 Å². The highest BCUT2D eigenvalue weighted by atomic mass is 16.2. The number of anilines is 1. The number of unbranched alkanes of at least 4 members (excludes halogenated alkanes) is 2. The highest BCUT2D eigenvalue weighted by Gasteiger charge is 2.19. The minimum absolute atomic E-state index is 0.102. The number of nitrogens with zero attached hydrogens (tertiary/aromatic N) is 3. The molecule has 2 aromatic rings. The van der Waals surface area contributed by atoms with Crippen LogP contribution in [0.15, 0.2) is 59.1 Å². The van der Waals surface area contributed by atoms with Crippen molar-refractivity contribution in [2.24, 2.45) is 16.5 Å². The lowest BCUT2D eigenvalue weighted by Crippen LogP contribution is -2.32. The van der Waals surface area contributed by atoms with Crippen LogP contribution in [0.25, 0.3) is 11.3 Å². The lowest BCUT2D eigenvalue weighted by atomic mass is 9.92. The maximum Gasteiger partial charge on any atom is 0.267 e. The van der Waals surface area contributed by atoms with Crippen molar-refractivity contribution in [2.75, 3.05) is 12.4 Å². The highest BCUT2D eigenvalue weighted by molar-refractivity contribution is 5.92. The molecule has 0 radical (unpaired) electrons. The van der Waals surface area contributed by atoms with Crippen LogP contribution in [0.1, 0.15) is 63.6 Å². The molecule has 1 atom stereocenters. The van der Waals surface area contributed by atoms with E-state index < -0.39 is 0 Å². The first-order chi connectivity index (χ1) is 16.5. The summed E-state index contributed by atoms with van der Waals surface area (Å²) in [5, 5.41) is 6.19. The van der Waals surface area contributed by atoms with Gasteiger partial charge >= 0.3 is 0 Å². The summed E-state index contributed by atoms with van der Waals surface area (Å²) in [7, 11) is 1.67. The Morgan fingerprint density at radius 1 is 1.24 bits per heavy atom. The van der Waals surface area contributed by atoms with Gasteiger partial charge < -0.3 is 22.1 Å². The normalized spacial score (nSPS) is 13.2. The quantitative estimate of drug-likeness (QED) is 0.212. The summed E-state index contributed by atoms with van der Waals surface area (Å²) in [5.74, 6) is 0.198. The molecule has 0 aliphatic rings. The van der Waals surface area contributed by atoms with Gasteiger partial charge in [-0.3, -0.25) is 9.79 Å². The van der Waals surface area contributed by atoms with Crippen molar-refractivity contribution in [1.29, 1.82) is 0 Å². The van der Waals surface area contributed by atoms with Crippen LogP contribution in [-0.2, 0) is 11.2 Å². The molecule has 8 nitrogen and oxygen atoms in total. The molecule has 0 unspecified atom stereocenters. The molecule has 1 aromatic heterocycles. The summed E-state index contributed by atoms with van der Waals surface area (Å²) >= 11 is 0. The largest absolute Gasteiger partial charge is 0.403 e. The number of rotatable bonds is 12. The van der Waals surface area contributed by atoms with Crippen molar-refractivity contribution in [3.8, 4) is 11.3 Å². The van der Waals surface area contributed by atoms with E-state index in [1.54, 1.807) is 32.5 Å². The van der Waals surface area contributed by atoms with Crippen molar-refractivity contribution < 1.29 is 4.79 Å². The van der Waals surface area contributed by atoms with Gasteiger partial charge in [-0.2, -0.15) is 0 Å². The second-order valence-corrected chi connectivity index (χ2v) is 7.93. The Morgan fingerprint density at radius 3 is 2.68 bits per heavy atom. The number of hydrogen-bond acceptors (Lipinski definition) is 7. The number of amides is 1. The van der Waals surface area contributed by atoms with Crippen molar-refractivity contribution >= 4 is 18.1 Å². The Balaban J connectivity index is 2.37. The molecule has 0 saturated heterocycles. The van der Waals surface area contributed by atoms with Gasteiger partial charge in [-0.1, -0.05) is 51.3 Å². The average Bonchev–Trinajstić information content (AvgIpc) is 2.87. The molecule has 1 heterocycles. The van der Waals surface area contributed by atoms with Gasteiger partial charge in [0.25, 0.3) is 5.91 Å². The third-order valence-electron chi connectivity index (χ3n) is 5.53. The SMILES string of the molecule is C/C=C(\N)C(=O)N[C@H](CCCCC)c1ccc(-c2ccnc(NC(C=NC)=CN)n2)cc1CC. The maximum atomic E-state index is 12.5. The summed E-state index contributed by atoms with van der Waals surface area (Å²) in [6.45, 7) is 6.05. The van der Waals surface area contributed by atoms with Crippen LogP contribution in [-0.4, -0.2) is 29.1 Å². The molecule has 182 valence electrons. The van der Waals surface area contributed by atoms with E-state index in [1.165, 1.54) is 6.20 Å². The zero-order valence-electron chi connectivity index (χ0n) is 20.6. The van der Waals surface area contributed by atoms with Gasteiger partial charge in [-0.05, 0) is 43.0 Å². The van der Waals surface area contributed by atoms with Gasteiger partial charge in [0.2, 0.25) is 5.95 Å². The van der Waals surface area contributed by atoms with Gasteiger partial charge in [-0.25, -0.2) is 9.97 Å². The number of carbonyl (C=O) groups is 1.